The molecule has 7 rings (SSSR count). The van der Waals surface area contributed by atoms with E-state index in [-0.39, 0.29) is 24.0 Å². The van der Waals surface area contributed by atoms with Gasteiger partial charge in [0.15, 0.2) is 0 Å². The summed E-state index contributed by atoms with van der Waals surface area (Å²) in [5.41, 5.74) is 6.03. The summed E-state index contributed by atoms with van der Waals surface area (Å²) in [6.45, 7) is 5.54. The van der Waals surface area contributed by atoms with Crippen LogP contribution < -0.4 is 15.5 Å². The zero-order chi connectivity index (χ0) is 33.2. The Morgan fingerprint density at radius 1 is 0.917 bits per heavy atom. The number of nitrogens with zero attached hydrogens (tertiary/aromatic N) is 7. The maximum absolute atomic E-state index is 13.1. The van der Waals surface area contributed by atoms with Gasteiger partial charge < -0.3 is 15.1 Å². The molecule has 2 aromatic heterocycles. The Kier molecular flexibility index (Phi) is 8.85. The van der Waals surface area contributed by atoms with E-state index in [0.717, 1.165) is 104 Å². The van der Waals surface area contributed by atoms with Crippen molar-refractivity contribution in [3.8, 4) is 11.3 Å². The first kappa shape index (κ1) is 31.4. The molecule has 13 nitrogen and oxygen atoms in total. The number of aromatic nitrogens is 4. The Morgan fingerprint density at radius 2 is 1.73 bits per heavy atom. The number of hydrogen-bond acceptors (Lipinski definition) is 10. The third-order valence-electron chi connectivity index (χ3n) is 9.41. The molecule has 3 aliphatic heterocycles. The molecule has 4 amide bonds. The van der Waals surface area contributed by atoms with Crippen LogP contribution in [0.15, 0.2) is 55.0 Å². The minimum atomic E-state index is -0.965. The van der Waals surface area contributed by atoms with Crippen molar-refractivity contribution in [2.24, 2.45) is 0 Å². The van der Waals surface area contributed by atoms with Crippen LogP contribution in [0.25, 0.3) is 22.3 Å². The van der Waals surface area contributed by atoms with E-state index in [0.29, 0.717) is 0 Å². The van der Waals surface area contributed by atoms with Gasteiger partial charge in [0.25, 0.3) is 11.8 Å². The van der Waals surface area contributed by atoms with Crippen LogP contribution in [0, 0.1) is 0 Å². The molecule has 2 aromatic carbocycles. The third kappa shape index (κ3) is 6.37. The van der Waals surface area contributed by atoms with Gasteiger partial charge in [0, 0.05) is 63.1 Å². The lowest BCUT2D eigenvalue weighted by molar-refractivity contribution is -0.136. The standard InChI is InChI=1S/C35H39N9O4/c1-41-15-17-42(18-16-41)29-8-6-7-27-32(29)39-28(21-37-27)23-20-38-43(22-23)14-5-3-2-4-13-36-24-9-10-25-26(19-24)35(48)44(34(25)47)30-11-12-31(45)40-33(30)46/h6-10,19-22,30,36H,2-5,11-18H2,1H3,(H,40,45,46). The fourth-order valence-corrected chi connectivity index (χ4v) is 6.64. The van der Waals surface area contributed by atoms with Gasteiger partial charge >= 0.3 is 0 Å². The van der Waals surface area contributed by atoms with Gasteiger partial charge in [-0.3, -0.25) is 39.1 Å². The number of nitrogens with one attached hydrogen (secondary N) is 2. The number of anilines is 2. The highest BCUT2D eigenvalue weighted by Crippen LogP contribution is 2.30. The van der Waals surface area contributed by atoms with E-state index in [4.69, 9.17) is 9.97 Å². The summed E-state index contributed by atoms with van der Waals surface area (Å²) >= 11 is 0. The number of hydrogen-bond donors (Lipinski definition) is 2. The Labute approximate surface area is 278 Å². The molecular weight excluding hydrogens is 610 g/mol. The molecule has 3 aliphatic rings. The van der Waals surface area contributed by atoms with E-state index in [2.05, 4.69) is 44.7 Å². The lowest BCUT2D eigenvalue weighted by Gasteiger charge is -2.34. The van der Waals surface area contributed by atoms with Crippen LogP contribution in [-0.4, -0.2) is 99.0 Å². The number of fused-ring (bicyclic) bond motifs is 2. The molecule has 0 aliphatic carbocycles. The second kappa shape index (κ2) is 13.5. The summed E-state index contributed by atoms with van der Waals surface area (Å²) in [5.74, 6) is -2.00. The number of para-hydroxylation sites is 1. The van der Waals surface area contributed by atoms with E-state index >= 15 is 0 Å². The van der Waals surface area contributed by atoms with E-state index in [9.17, 15) is 19.2 Å². The summed E-state index contributed by atoms with van der Waals surface area (Å²) in [6, 6.07) is 10.3. The lowest BCUT2D eigenvalue weighted by Crippen LogP contribution is -2.54. The topological polar surface area (TPSA) is 146 Å². The number of aryl methyl sites for hydroxylation is 1. The molecule has 248 valence electrons. The minimum absolute atomic E-state index is 0.0957. The number of piperazine rings is 1. The first-order valence-electron chi connectivity index (χ1n) is 16.7. The van der Waals surface area contributed by atoms with Gasteiger partial charge in [0.1, 0.15) is 11.6 Å². The van der Waals surface area contributed by atoms with Crippen molar-refractivity contribution < 1.29 is 19.2 Å². The van der Waals surface area contributed by atoms with Crippen LogP contribution in [0.1, 0.15) is 59.2 Å². The Balaban J connectivity index is 0.872. The maximum atomic E-state index is 13.1. The van der Waals surface area contributed by atoms with Crippen molar-refractivity contribution in [2.75, 3.05) is 50.0 Å². The van der Waals surface area contributed by atoms with Gasteiger partial charge in [-0.2, -0.15) is 5.10 Å². The van der Waals surface area contributed by atoms with Crippen molar-refractivity contribution in [2.45, 2.75) is 51.1 Å². The molecule has 1 unspecified atom stereocenters. The third-order valence-corrected chi connectivity index (χ3v) is 9.41. The van der Waals surface area contributed by atoms with Crippen LogP contribution in [-0.2, 0) is 16.1 Å². The van der Waals surface area contributed by atoms with Gasteiger partial charge in [-0.05, 0) is 56.6 Å². The highest BCUT2D eigenvalue weighted by molar-refractivity contribution is 6.23. The predicted molar refractivity (Wildman–Crippen MR) is 181 cm³/mol. The highest BCUT2D eigenvalue weighted by atomic mass is 16.2. The van der Waals surface area contributed by atoms with E-state index in [1.54, 1.807) is 18.2 Å². The molecule has 0 spiro atoms. The summed E-state index contributed by atoms with van der Waals surface area (Å²) in [5, 5.41) is 10.1. The molecule has 5 heterocycles. The van der Waals surface area contributed by atoms with Gasteiger partial charge in [0.05, 0.1) is 40.4 Å². The largest absolute Gasteiger partial charge is 0.385 e. The average Bonchev–Trinajstić information content (AvgIpc) is 3.66. The Bertz CT molecular complexity index is 1880. The molecule has 2 fully saturated rings. The normalized spacial score (nSPS) is 18.5. The first-order chi connectivity index (χ1) is 23.4. The number of carbonyl (C=O) groups excluding carboxylic acids is 4. The second-order valence-electron chi connectivity index (χ2n) is 12.7. The van der Waals surface area contributed by atoms with Gasteiger partial charge in [-0.25, -0.2) is 4.98 Å². The average molecular weight is 650 g/mol. The number of piperidine rings is 1. The lowest BCUT2D eigenvalue weighted by atomic mass is 10.0. The fraction of sp³-hybridized carbons (Fsp3) is 0.400. The Morgan fingerprint density at radius 3 is 2.56 bits per heavy atom. The van der Waals surface area contributed by atoms with E-state index in [1.807, 2.05) is 29.3 Å². The molecule has 0 bridgehead atoms. The van der Waals surface area contributed by atoms with Crippen LogP contribution in [0.4, 0.5) is 11.4 Å². The smallest absolute Gasteiger partial charge is 0.262 e. The number of rotatable bonds is 11. The van der Waals surface area contributed by atoms with Crippen molar-refractivity contribution >= 4 is 46.0 Å². The molecule has 0 radical (unpaired) electrons. The number of imide groups is 2. The zero-order valence-electron chi connectivity index (χ0n) is 27.0. The fourth-order valence-electron chi connectivity index (χ4n) is 6.64. The summed E-state index contributed by atoms with van der Waals surface area (Å²) in [7, 11) is 2.16. The molecule has 48 heavy (non-hydrogen) atoms. The van der Waals surface area contributed by atoms with Gasteiger partial charge in [-0.1, -0.05) is 18.9 Å². The molecule has 2 N–H and O–H groups in total. The second-order valence-corrected chi connectivity index (χ2v) is 12.7. The van der Waals surface area contributed by atoms with E-state index < -0.39 is 29.7 Å². The molecule has 0 saturated carbocycles. The number of benzene rings is 2. The van der Waals surface area contributed by atoms with Crippen LogP contribution in [0.3, 0.4) is 0 Å². The van der Waals surface area contributed by atoms with Crippen LogP contribution in [0.5, 0.6) is 0 Å². The summed E-state index contributed by atoms with van der Waals surface area (Å²) < 4.78 is 1.97. The first-order valence-corrected chi connectivity index (χ1v) is 16.7. The van der Waals surface area contributed by atoms with Crippen molar-refractivity contribution in [1.29, 1.82) is 0 Å². The van der Waals surface area contributed by atoms with Crippen molar-refractivity contribution in [3.05, 3.63) is 66.1 Å². The number of unbranched alkanes of at least 4 members (excludes halogenated alkanes) is 3. The van der Waals surface area contributed by atoms with Gasteiger partial charge in [0.2, 0.25) is 11.8 Å². The number of amides is 4. The van der Waals surface area contributed by atoms with E-state index in [1.165, 1.54) is 0 Å². The SMILES string of the molecule is CN1CCN(c2cccc3ncc(-c4cnn(CCCCCCNc5ccc6c(c5)C(=O)N(C5CCC(=O)NC5=O)C6=O)c4)nc23)CC1. The highest BCUT2D eigenvalue weighted by Gasteiger charge is 2.44. The molecule has 4 aromatic rings. The Hall–Kier alpha value is -5.17. The predicted octanol–water partition coefficient (Wildman–Crippen LogP) is 3.32. The van der Waals surface area contributed by atoms with Crippen LogP contribution in [0.2, 0.25) is 0 Å². The quantitative estimate of drug-likeness (QED) is 0.183. The maximum Gasteiger partial charge on any atom is 0.262 e. The number of likely N-dealkylation sites (N-methyl/N-ethyl adjacent to an activating group) is 1. The number of carbonyl (C=O) groups is 4. The van der Waals surface area contributed by atoms with Crippen LogP contribution >= 0.6 is 0 Å². The van der Waals surface area contributed by atoms with Crippen molar-refractivity contribution in [3.63, 3.8) is 0 Å². The van der Waals surface area contributed by atoms with Gasteiger partial charge in [-0.15, -0.1) is 0 Å². The zero-order valence-corrected chi connectivity index (χ0v) is 27.0. The molecule has 13 heteroatoms. The summed E-state index contributed by atoms with van der Waals surface area (Å²) in [4.78, 5) is 65.2. The monoisotopic (exact) mass is 649 g/mol. The summed E-state index contributed by atoms with van der Waals surface area (Å²) in [6.07, 6.45) is 9.96. The van der Waals surface area contributed by atoms with Crippen molar-refractivity contribution in [1.82, 2.24) is 34.9 Å². The molecule has 1 atom stereocenters. The molecule has 2 saturated heterocycles. The molecular formula is C35H39N9O4. The minimum Gasteiger partial charge on any atom is -0.385 e.